The third-order valence-corrected chi connectivity index (χ3v) is 5.53. The Morgan fingerprint density at radius 1 is 1.32 bits per heavy atom. The number of para-hydroxylation sites is 1. The van der Waals surface area contributed by atoms with E-state index in [0.29, 0.717) is 11.4 Å². The predicted octanol–water partition coefficient (Wildman–Crippen LogP) is 3.33. The lowest BCUT2D eigenvalue weighted by Gasteiger charge is -2.08. The fourth-order valence-electron chi connectivity index (χ4n) is 2.02. The van der Waals surface area contributed by atoms with Crippen LogP contribution >= 0.6 is 22.7 Å². The van der Waals surface area contributed by atoms with Crippen molar-refractivity contribution in [3.63, 3.8) is 0 Å². The van der Waals surface area contributed by atoms with Crippen molar-refractivity contribution in [3.8, 4) is 0 Å². The van der Waals surface area contributed by atoms with E-state index in [2.05, 4.69) is 33.6 Å². The zero-order valence-corrected chi connectivity index (χ0v) is 13.9. The fraction of sp³-hybridized carbons (Fsp3) is 0.267. The number of hydrogen-bond acceptors (Lipinski definition) is 6. The van der Waals surface area contributed by atoms with Crippen LogP contribution in [-0.2, 0) is 0 Å². The molecule has 7 heteroatoms. The van der Waals surface area contributed by atoms with Crippen molar-refractivity contribution in [3.05, 3.63) is 40.3 Å². The van der Waals surface area contributed by atoms with Gasteiger partial charge in [-0.3, -0.25) is 4.79 Å². The number of aromatic nitrogens is 2. The Morgan fingerprint density at radius 2 is 2.14 bits per heavy atom. The van der Waals surface area contributed by atoms with Gasteiger partial charge in [-0.15, -0.1) is 11.3 Å². The van der Waals surface area contributed by atoms with Crippen LogP contribution in [0.5, 0.6) is 0 Å². The fourth-order valence-corrected chi connectivity index (χ4v) is 3.72. The summed E-state index contributed by atoms with van der Waals surface area (Å²) in [6.07, 6.45) is 1.59. The lowest BCUT2D eigenvalue weighted by Crippen LogP contribution is -2.26. The molecule has 1 aromatic carbocycles. The number of amides is 1. The molecule has 0 saturated carbocycles. The molecule has 5 nitrogen and oxygen atoms in total. The molecule has 0 fully saturated rings. The average molecular weight is 332 g/mol. The van der Waals surface area contributed by atoms with E-state index in [9.17, 15) is 4.79 Å². The van der Waals surface area contributed by atoms with E-state index in [1.165, 1.54) is 16.0 Å². The molecule has 0 bridgehead atoms. The molecule has 2 aromatic heterocycles. The molecule has 0 aliphatic carbocycles. The maximum atomic E-state index is 12.1. The molecule has 0 radical (unpaired) electrons. The number of carbonyl (C=O) groups is 1. The summed E-state index contributed by atoms with van der Waals surface area (Å²) in [5.41, 5.74) is 1.02. The monoisotopic (exact) mass is 332 g/mol. The molecule has 2 N–H and O–H groups in total. The SMILES string of the molecule is CNc1ncc(C(=O)NC[C@@H](C)c2nc3ccccc3s2)s1. The van der Waals surface area contributed by atoms with Gasteiger partial charge in [-0.1, -0.05) is 30.4 Å². The van der Waals surface area contributed by atoms with Gasteiger partial charge in [-0.05, 0) is 12.1 Å². The van der Waals surface area contributed by atoms with Crippen LogP contribution in [0.1, 0.15) is 27.5 Å². The standard InChI is InChI=1S/C15H16N4OS2/c1-9(14-19-10-5-3-4-6-11(10)21-14)7-17-13(20)12-8-18-15(16-2)22-12/h3-6,8-9H,7H2,1-2H3,(H,16,18)(H,17,20)/t9-/m1/s1. The highest BCUT2D eigenvalue weighted by Crippen LogP contribution is 2.27. The van der Waals surface area contributed by atoms with Gasteiger partial charge in [0.2, 0.25) is 0 Å². The highest BCUT2D eigenvalue weighted by molar-refractivity contribution is 7.18. The van der Waals surface area contributed by atoms with Gasteiger partial charge in [-0.25, -0.2) is 9.97 Å². The Bertz CT molecular complexity index is 763. The third-order valence-electron chi connectivity index (χ3n) is 3.24. The van der Waals surface area contributed by atoms with Crippen molar-refractivity contribution in [2.45, 2.75) is 12.8 Å². The van der Waals surface area contributed by atoms with E-state index in [4.69, 9.17) is 0 Å². The summed E-state index contributed by atoms with van der Waals surface area (Å²) in [5, 5.41) is 7.66. The van der Waals surface area contributed by atoms with Crippen molar-refractivity contribution >= 4 is 43.9 Å². The van der Waals surface area contributed by atoms with Crippen LogP contribution in [0.25, 0.3) is 10.2 Å². The summed E-state index contributed by atoms with van der Waals surface area (Å²) < 4.78 is 1.18. The molecule has 1 atom stereocenters. The maximum absolute atomic E-state index is 12.1. The van der Waals surface area contributed by atoms with Crippen molar-refractivity contribution in [2.24, 2.45) is 0 Å². The highest BCUT2D eigenvalue weighted by atomic mass is 32.1. The Morgan fingerprint density at radius 3 is 2.86 bits per heavy atom. The second-order valence-electron chi connectivity index (χ2n) is 4.91. The number of benzene rings is 1. The number of thiazole rings is 2. The molecule has 0 unspecified atom stereocenters. The van der Waals surface area contributed by atoms with Gasteiger partial charge in [0.05, 0.1) is 21.4 Å². The van der Waals surface area contributed by atoms with Crippen LogP contribution in [0.3, 0.4) is 0 Å². The molecule has 0 spiro atoms. The van der Waals surface area contributed by atoms with Crippen LogP contribution < -0.4 is 10.6 Å². The molecule has 1 amide bonds. The lowest BCUT2D eigenvalue weighted by molar-refractivity contribution is 0.0955. The number of nitrogens with one attached hydrogen (secondary N) is 2. The van der Waals surface area contributed by atoms with E-state index in [1.807, 2.05) is 18.2 Å². The summed E-state index contributed by atoms with van der Waals surface area (Å²) in [6, 6.07) is 8.08. The summed E-state index contributed by atoms with van der Waals surface area (Å²) in [6.45, 7) is 2.63. The first-order valence-electron chi connectivity index (χ1n) is 6.94. The minimum Gasteiger partial charge on any atom is -0.365 e. The number of carbonyl (C=O) groups excluding carboxylic acids is 1. The Labute approximate surface area is 136 Å². The zero-order valence-electron chi connectivity index (χ0n) is 12.3. The van der Waals surface area contributed by atoms with Crippen LogP contribution in [0.2, 0.25) is 0 Å². The molecular weight excluding hydrogens is 316 g/mol. The first kappa shape index (κ1) is 14.9. The largest absolute Gasteiger partial charge is 0.365 e. The van der Waals surface area contributed by atoms with Gasteiger partial charge in [0.15, 0.2) is 5.13 Å². The number of hydrogen-bond donors (Lipinski definition) is 2. The minimum absolute atomic E-state index is 0.0908. The Hall–Kier alpha value is -1.99. The second-order valence-corrected chi connectivity index (χ2v) is 7.00. The van der Waals surface area contributed by atoms with Gasteiger partial charge in [0.25, 0.3) is 5.91 Å². The molecule has 22 heavy (non-hydrogen) atoms. The topological polar surface area (TPSA) is 66.9 Å². The van der Waals surface area contributed by atoms with Gasteiger partial charge < -0.3 is 10.6 Å². The van der Waals surface area contributed by atoms with Crippen molar-refractivity contribution in [1.82, 2.24) is 15.3 Å². The molecule has 2 heterocycles. The zero-order chi connectivity index (χ0) is 15.5. The van der Waals surface area contributed by atoms with E-state index >= 15 is 0 Å². The van der Waals surface area contributed by atoms with Crippen molar-refractivity contribution < 1.29 is 4.79 Å². The summed E-state index contributed by atoms with van der Waals surface area (Å²) >= 11 is 3.02. The molecule has 0 saturated heterocycles. The van der Waals surface area contributed by atoms with Crippen LogP contribution in [-0.4, -0.2) is 29.5 Å². The third kappa shape index (κ3) is 3.10. The quantitative estimate of drug-likeness (QED) is 0.752. The minimum atomic E-state index is -0.0908. The number of anilines is 1. The summed E-state index contributed by atoms with van der Waals surface area (Å²) in [5.74, 6) is 0.0880. The average Bonchev–Trinajstić information content (AvgIpc) is 3.18. The molecule has 0 aliphatic rings. The molecular formula is C15H16N4OS2. The van der Waals surface area contributed by atoms with Gasteiger partial charge in [0.1, 0.15) is 4.88 Å². The maximum Gasteiger partial charge on any atom is 0.263 e. The van der Waals surface area contributed by atoms with Crippen LogP contribution in [0.4, 0.5) is 5.13 Å². The number of fused-ring (bicyclic) bond motifs is 1. The smallest absolute Gasteiger partial charge is 0.263 e. The summed E-state index contributed by atoms with van der Waals surface area (Å²) in [4.78, 5) is 21.4. The van der Waals surface area contributed by atoms with Crippen LogP contribution in [0.15, 0.2) is 30.5 Å². The molecule has 114 valence electrons. The van der Waals surface area contributed by atoms with Crippen molar-refractivity contribution in [1.29, 1.82) is 0 Å². The van der Waals surface area contributed by atoms with E-state index in [-0.39, 0.29) is 11.8 Å². The lowest BCUT2D eigenvalue weighted by atomic mass is 10.2. The normalized spacial score (nSPS) is 12.3. The highest BCUT2D eigenvalue weighted by Gasteiger charge is 2.15. The van der Waals surface area contributed by atoms with Gasteiger partial charge in [-0.2, -0.15) is 0 Å². The van der Waals surface area contributed by atoms with Gasteiger partial charge >= 0.3 is 0 Å². The molecule has 0 aliphatic heterocycles. The number of nitrogens with zero attached hydrogens (tertiary/aromatic N) is 2. The Kier molecular flexibility index (Phi) is 4.35. The first-order chi connectivity index (χ1) is 10.7. The summed E-state index contributed by atoms with van der Waals surface area (Å²) in [7, 11) is 1.79. The Balaban J connectivity index is 1.64. The van der Waals surface area contributed by atoms with Crippen LogP contribution in [0, 0.1) is 0 Å². The van der Waals surface area contributed by atoms with E-state index in [0.717, 1.165) is 15.7 Å². The predicted molar refractivity (Wildman–Crippen MR) is 92.0 cm³/mol. The number of rotatable bonds is 5. The molecule has 3 aromatic rings. The second kappa shape index (κ2) is 6.41. The van der Waals surface area contributed by atoms with E-state index in [1.54, 1.807) is 24.6 Å². The molecule has 3 rings (SSSR count). The van der Waals surface area contributed by atoms with Gasteiger partial charge in [0, 0.05) is 19.5 Å². The van der Waals surface area contributed by atoms with E-state index < -0.39 is 0 Å². The van der Waals surface area contributed by atoms with Crippen molar-refractivity contribution in [2.75, 3.05) is 18.9 Å². The first-order valence-corrected chi connectivity index (χ1v) is 8.58.